The molecule has 5 nitrogen and oxygen atoms in total. The van der Waals surface area contributed by atoms with Gasteiger partial charge >= 0.3 is 11.8 Å². The van der Waals surface area contributed by atoms with Gasteiger partial charge in [0.25, 0.3) is 0 Å². The first kappa shape index (κ1) is 13.9. The second-order valence-corrected chi connectivity index (χ2v) is 5.01. The van der Waals surface area contributed by atoms with E-state index in [1.807, 2.05) is 13.8 Å². The van der Waals surface area contributed by atoms with Crippen LogP contribution in [0.5, 0.6) is 0 Å². The van der Waals surface area contributed by atoms with Crippen molar-refractivity contribution in [1.82, 2.24) is 10.2 Å². The lowest BCUT2D eigenvalue weighted by atomic mass is 9.97. The third kappa shape index (κ3) is 3.66. The Morgan fingerprint density at radius 3 is 2.35 bits per heavy atom. The highest BCUT2D eigenvalue weighted by molar-refractivity contribution is 7.80. The second-order valence-electron chi connectivity index (χ2n) is 4.49. The van der Waals surface area contributed by atoms with Gasteiger partial charge < -0.3 is 16.0 Å². The van der Waals surface area contributed by atoms with Crippen LogP contribution in [0.25, 0.3) is 0 Å². The molecule has 1 fully saturated rings. The highest BCUT2D eigenvalue weighted by Crippen LogP contribution is 2.22. The molecule has 0 bridgehead atoms. The molecule has 1 aliphatic rings. The van der Waals surface area contributed by atoms with Crippen LogP contribution in [0.1, 0.15) is 33.1 Å². The summed E-state index contributed by atoms with van der Waals surface area (Å²) in [4.78, 5) is 25.4. The minimum absolute atomic E-state index is 0.0660. The maximum Gasteiger partial charge on any atom is 0.312 e. The van der Waals surface area contributed by atoms with Crippen molar-refractivity contribution >= 4 is 29.0 Å². The fourth-order valence-corrected chi connectivity index (χ4v) is 2.25. The minimum atomic E-state index is -0.626. The number of hydrogen-bond acceptors (Lipinski definition) is 3. The van der Waals surface area contributed by atoms with Crippen LogP contribution < -0.4 is 11.1 Å². The van der Waals surface area contributed by atoms with Crippen LogP contribution in [0.4, 0.5) is 0 Å². The number of hydrogen-bond donors (Lipinski definition) is 2. The maximum absolute atomic E-state index is 12.0. The van der Waals surface area contributed by atoms with Crippen molar-refractivity contribution in [1.29, 1.82) is 0 Å². The normalized spacial score (nSPS) is 24.2. The summed E-state index contributed by atoms with van der Waals surface area (Å²) in [6.07, 6.45) is 2.98. The number of likely N-dealkylation sites (tertiary alicyclic amines) is 1. The number of nitrogens with one attached hydrogen (secondary N) is 1. The molecule has 96 valence electrons. The van der Waals surface area contributed by atoms with Crippen LogP contribution in [0.2, 0.25) is 0 Å². The lowest BCUT2D eigenvalue weighted by Gasteiger charge is -2.38. The lowest BCUT2D eigenvalue weighted by molar-refractivity contribution is -0.149. The number of thiocarbonyl (C=S) groups is 1. The molecule has 0 aromatic rings. The predicted molar refractivity (Wildman–Crippen MR) is 69.4 cm³/mol. The van der Waals surface area contributed by atoms with E-state index in [9.17, 15) is 9.59 Å². The van der Waals surface area contributed by atoms with Crippen molar-refractivity contribution in [2.75, 3.05) is 6.54 Å². The Labute approximate surface area is 107 Å². The summed E-state index contributed by atoms with van der Waals surface area (Å²) < 4.78 is 0. The van der Waals surface area contributed by atoms with Gasteiger partial charge in [-0.2, -0.15) is 0 Å². The van der Waals surface area contributed by atoms with Crippen molar-refractivity contribution in [2.45, 2.75) is 45.2 Å². The molecule has 3 N–H and O–H groups in total. The molecule has 6 heteroatoms. The predicted octanol–water partition coefficient (Wildman–Crippen LogP) is 0.178. The fraction of sp³-hybridized carbons (Fsp3) is 0.727. The quantitative estimate of drug-likeness (QED) is 0.546. The fourth-order valence-electron chi connectivity index (χ4n) is 2.18. The van der Waals surface area contributed by atoms with E-state index < -0.39 is 11.8 Å². The van der Waals surface area contributed by atoms with E-state index in [2.05, 4.69) is 17.5 Å². The van der Waals surface area contributed by atoms with Crippen molar-refractivity contribution in [2.24, 2.45) is 5.73 Å². The van der Waals surface area contributed by atoms with E-state index in [0.717, 1.165) is 19.3 Å². The van der Waals surface area contributed by atoms with Gasteiger partial charge in [-0.15, -0.1) is 0 Å². The maximum atomic E-state index is 12.0. The number of nitrogens with zero attached hydrogens (tertiary/aromatic N) is 1. The molecule has 2 amide bonds. The van der Waals surface area contributed by atoms with Gasteiger partial charge in [0, 0.05) is 12.1 Å². The summed E-state index contributed by atoms with van der Waals surface area (Å²) in [5.41, 5.74) is 5.27. The van der Waals surface area contributed by atoms with E-state index >= 15 is 0 Å². The average molecular weight is 257 g/mol. The molecule has 2 unspecified atom stereocenters. The summed E-state index contributed by atoms with van der Waals surface area (Å²) in [6, 6.07) is 0.226. The Kier molecular flexibility index (Phi) is 4.86. The van der Waals surface area contributed by atoms with Gasteiger partial charge in [-0.3, -0.25) is 9.59 Å². The first-order valence-electron chi connectivity index (χ1n) is 5.82. The van der Waals surface area contributed by atoms with Crippen LogP contribution >= 0.6 is 12.2 Å². The topological polar surface area (TPSA) is 75.4 Å². The standard InChI is InChI=1S/C11H19N3O2S/c1-7-4-3-5-8(2)14(7)11(16)10(15)13-6-9(12)17/h7-8H,3-6H2,1-2H3,(H2,12,17)(H,13,15). The molecular formula is C11H19N3O2S. The zero-order chi connectivity index (χ0) is 13.0. The summed E-state index contributed by atoms with van der Waals surface area (Å²) in [6.45, 7) is 4.00. The molecule has 0 saturated carbocycles. The van der Waals surface area contributed by atoms with Crippen molar-refractivity contribution < 1.29 is 9.59 Å². The number of carbonyl (C=O) groups is 2. The SMILES string of the molecule is CC1CCCC(C)N1C(=O)C(=O)NCC(N)=S. The van der Waals surface area contributed by atoms with Gasteiger partial charge in [0.2, 0.25) is 0 Å². The van der Waals surface area contributed by atoms with Crippen LogP contribution in [0, 0.1) is 0 Å². The Morgan fingerprint density at radius 1 is 1.35 bits per heavy atom. The number of nitrogens with two attached hydrogens (primary N) is 1. The van der Waals surface area contributed by atoms with Crippen molar-refractivity contribution in [3.8, 4) is 0 Å². The number of rotatable bonds is 2. The van der Waals surface area contributed by atoms with Gasteiger partial charge in [0.15, 0.2) is 0 Å². The third-order valence-corrected chi connectivity index (χ3v) is 3.19. The van der Waals surface area contributed by atoms with Crippen molar-refractivity contribution in [3.63, 3.8) is 0 Å². The minimum Gasteiger partial charge on any atom is -0.392 e. The van der Waals surface area contributed by atoms with E-state index in [0.29, 0.717) is 0 Å². The summed E-state index contributed by atoms with van der Waals surface area (Å²) in [5.74, 6) is -1.11. The smallest absolute Gasteiger partial charge is 0.312 e. The molecule has 1 saturated heterocycles. The zero-order valence-electron chi connectivity index (χ0n) is 10.2. The van der Waals surface area contributed by atoms with Gasteiger partial charge in [-0.05, 0) is 33.1 Å². The number of amides is 2. The van der Waals surface area contributed by atoms with E-state index in [-0.39, 0.29) is 23.6 Å². The highest BCUT2D eigenvalue weighted by atomic mass is 32.1. The van der Waals surface area contributed by atoms with Crippen molar-refractivity contribution in [3.05, 3.63) is 0 Å². The average Bonchev–Trinajstić information content (AvgIpc) is 2.25. The Morgan fingerprint density at radius 2 is 1.88 bits per heavy atom. The van der Waals surface area contributed by atoms with Crippen LogP contribution in [-0.2, 0) is 9.59 Å². The number of carbonyl (C=O) groups excluding carboxylic acids is 2. The van der Waals surface area contributed by atoms with Gasteiger partial charge in [-0.1, -0.05) is 12.2 Å². The molecule has 0 aromatic carbocycles. The molecule has 1 rings (SSSR count). The zero-order valence-corrected chi connectivity index (χ0v) is 11.0. The Bertz CT molecular complexity index is 323. The van der Waals surface area contributed by atoms with Gasteiger partial charge in [0.05, 0.1) is 11.5 Å². The summed E-state index contributed by atoms with van der Waals surface area (Å²) >= 11 is 4.64. The molecule has 17 heavy (non-hydrogen) atoms. The molecule has 0 aliphatic carbocycles. The summed E-state index contributed by atoms with van der Waals surface area (Å²) in [5, 5.41) is 2.42. The van der Waals surface area contributed by atoms with E-state index in [1.165, 1.54) is 0 Å². The molecule has 0 radical (unpaired) electrons. The molecule has 1 heterocycles. The molecule has 0 aromatic heterocycles. The number of piperidine rings is 1. The van der Waals surface area contributed by atoms with Crippen LogP contribution in [-0.4, -0.2) is 40.3 Å². The first-order valence-corrected chi connectivity index (χ1v) is 6.23. The highest BCUT2D eigenvalue weighted by Gasteiger charge is 2.32. The molecule has 0 spiro atoms. The monoisotopic (exact) mass is 257 g/mol. The lowest BCUT2D eigenvalue weighted by Crippen LogP contribution is -2.53. The Hall–Kier alpha value is -1.17. The summed E-state index contributed by atoms with van der Waals surface area (Å²) in [7, 11) is 0. The first-order chi connectivity index (χ1) is 7.93. The molecule has 2 atom stereocenters. The molecule has 1 aliphatic heterocycles. The van der Waals surface area contributed by atoms with Gasteiger partial charge in [0.1, 0.15) is 0 Å². The molecular weight excluding hydrogens is 238 g/mol. The second kappa shape index (κ2) is 5.95. The van der Waals surface area contributed by atoms with E-state index in [4.69, 9.17) is 5.73 Å². The third-order valence-electron chi connectivity index (χ3n) is 3.05. The Balaban J connectivity index is 2.60. The van der Waals surface area contributed by atoms with Crippen LogP contribution in [0.3, 0.4) is 0 Å². The van der Waals surface area contributed by atoms with Crippen LogP contribution in [0.15, 0.2) is 0 Å². The van der Waals surface area contributed by atoms with Gasteiger partial charge in [-0.25, -0.2) is 0 Å². The largest absolute Gasteiger partial charge is 0.392 e. The van der Waals surface area contributed by atoms with E-state index in [1.54, 1.807) is 4.90 Å².